The van der Waals surface area contributed by atoms with Crippen molar-refractivity contribution < 1.29 is 72.9 Å². The number of esters is 2. The molecule has 0 spiro atoms. The van der Waals surface area contributed by atoms with Gasteiger partial charge in [-0.1, -0.05) is 32.9 Å². The Morgan fingerprint density at radius 1 is 0.953 bits per heavy atom. The van der Waals surface area contributed by atoms with E-state index < -0.39 is 119 Å². The lowest BCUT2D eigenvalue weighted by atomic mass is 9.78. The van der Waals surface area contributed by atoms with Gasteiger partial charge >= 0.3 is 11.9 Å². The van der Waals surface area contributed by atoms with Gasteiger partial charge in [0.2, 0.25) is 5.91 Å². The van der Waals surface area contributed by atoms with Crippen molar-refractivity contribution in [3.8, 4) is 0 Å². The molecule has 19 nitrogen and oxygen atoms in total. The van der Waals surface area contributed by atoms with Crippen LogP contribution in [0.4, 0.5) is 5.69 Å². The molecule has 0 saturated carbocycles. The standard InChI is InChI=1S/C45H73N3O16/c1-14-32-45(10,55)37(51)27(6)40(52)46-23(2)21-43(8,54)38(64-42-35(50)31(47(11)12)19-24(3)59-42)25(4)36(26(5)41(53)61-32)63-34-22-44(9,58-13)39(28(7)60-34)62-33(49)20-29-15-17-30(18-16-29)48(56)57/h15-18,23-28,31-32,34-39,42,50-51,54-55H,14,19-22H2,1-13H3,(H,46,52)/t23-,24-,25+,26-,27-,28+,31+,32-,34+,35-,36+,37-,38-,39+,42+,43-,44-,45-/m1/s1. The highest BCUT2D eigenvalue weighted by Crippen LogP contribution is 2.40. The average Bonchev–Trinajstić information content (AvgIpc) is 3.21. The van der Waals surface area contributed by atoms with Crippen LogP contribution in [0.5, 0.6) is 0 Å². The number of non-ortho nitro benzene ring substituents is 1. The van der Waals surface area contributed by atoms with Gasteiger partial charge in [0.1, 0.15) is 23.4 Å². The SMILES string of the molecule is CC[C@H]1OC(=O)[C@H](C)[C@@H](O[C@H]2C[C@@](C)(OC)[C@@H](OC(=O)Cc3ccc([N+](=O)[O-])cc3)[C@H](C)O2)[C@H](C)[C@@H](O[C@@H]2O[C@H](C)C[C@H](N(C)C)[C@H]2O)[C@](C)(O)C[C@@H](C)NC(=O)[C@H](C)[C@@H](O)[C@]1(C)O. The van der Waals surface area contributed by atoms with Crippen LogP contribution in [0, 0.1) is 27.9 Å². The summed E-state index contributed by atoms with van der Waals surface area (Å²) in [6.07, 6.45) is -10.9. The molecule has 4 rings (SSSR count). The third-order valence-corrected chi connectivity index (χ3v) is 13.4. The Hall–Kier alpha value is -3.37. The molecule has 18 atom stereocenters. The largest absolute Gasteiger partial charge is 0.459 e. The summed E-state index contributed by atoms with van der Waals surface area (Å²) in [4.78, 5) is 53.7. The Morgan fingerprint density at radius 2 is 1.58 bits per heavy atom. The molecule has 5 N–H and O–H groups in total. The number of cyclic esters (lactones) is 1. The zero-order chi connectivity index (χ0) is 48.2. The monoisotopic (exact) mass is 911 g/mol. The summed E-state index contributed by atoms with van der Waals surface area (Å²) in [5.41, 5.74) is -4.74. The number of methoxy groups -OCH3 is 1. The highest BCUT2D eigenvalue weighted by Gasteiger charge is 2.54. The molecule has 1 aromatic carbocycles. The van der Waals surface area contributed by atoms with Crippen LogP contribution in [-0.2, 0) is 54.0 Å². The van der Waals surface area contributed by atoms with E-state index in [9.17, 15) is 44.9 Å². The molecule has 0 unspecified atom stereocenters. The molecule has 0 radical (unpaired) electrons. The third kappa shape index (κ3) is 12.3. The molecule has 0 aliphatic carbocycles. The van der Waals surface area contributed by atoms with E-state index in [4.69, 9.17) is 33.2 Å². The quantitative estimate of drug-likeness (QED) is 0.122. The fourth-order valence-electron chi connectivity index (χ4n) is 9.57. The van der Waals surface area contributed by atoms with Crippen molar-refractivity contribution in [2.24, 2.45) is 17.8 Å². The Labute approximate surface area is 376 Å². The minimum Gasteiger partial charge on any atom is -0.459 e. The van der Waals surface area contributed by atoms with Crippen LogP contribution >= 0.6 is 0 Å². The van der Waals surface area contributed by atoms with E-state index in [1.165, 1.54) is 52.1 Å². The summed E-state index contributed by atoms with van der Waals surface area (Å²) < 4.78 is 44.0. The second-order valence-electron chi connectivity index (χ2n) is 19.1. The van der Waals surface area contributed by atoms with Crippen molar-refractivity contribution in [1.82, 2.24) is 10.2 Å². The second-order valence-corrected chi connectivity index (χ2v) is 19.1. The number of carbonyl (C=O) groups excluding carboxylic acids is 3. The van der Waals surface area contributed by atoms with Crippen LogP contribution in [0.25, 0.3) is 0 Å². The minimum atomic E-state index is -2.08. The van der Waals surface area contributed by atoms with Crippen LogP contribution in [0.15, 0.2) is 24.3 Å². The fraction of sp³-hybridized carbons (Fsp3) is 0.800. The van der Waals surface area contributed by atoms with Crippen molar-refractivity contribution in [3.63, 3.8) is 0 Å². The highest BCUT2D eigenvalue weighted by molar-refractivity contribution is 5.79. The van der Waals surface area contributed by atoms with E-state index in [1.807, 2.05) is 25.9 Å². The number of aliphatic hydroxyl groups excluding tert-OH is 2. The van der Waals surface area contributed by atoms with E-state index in [1.54, 1.807) is 41.5 Å². The van der Waals surface area contributed by atoms with Crippen molar-refractivity contribution >= 4 is 23.5 Å². The molecule has 1 aromatic rings. The van der Waals surface area contributed by atoms with Gasteiger partial charge in [-0.05, 0) is 87.4 Å². The molecule has 3 saturated heterocycles. The topological polar surface area (TPSA) is 255 Å². The van der Waals surface area contributed by atoms with Gasteiger partial charge in [-0.3, -0.25) is 24.5 Å². The first-order chi connectivity index (χ1) is 29.7. The number of nitro benzene ring substituents is 1. The number of benzene rings is 1. The summed E-state index contributed by atoms with van der Waals surface area (Å²) in [6.45, 7) is 16.1. The van der Waals surface area contributed by atoms with E-state index in [0.29, 0.717) is 12.0 Å². The molecule has 364 valence electrons. The summed E-state index contributed by atoms with van der Waals surface area (Å²) in [7, 11) is 5.11. The maximum absolute atomic E-state index is 14.4. The van der Waals surface area contributed by atoms with Gasteiger partial charge < -0.3 is 63.8 Å². The zero-order valence-electron chi connectivity index (χ0n) is 39.6. The second kappa shape index (κ2) is 21.5. The van der Waals surface area contributed by atoms with Gasteiger partial charge in [0.25, 0.3) is 5.69 Å². The summed E-state index contributed by atoms with van der Waals surface area (Å²) in [6, 6.07) is 4.45. The Morgan fingerprint density at radius 3 is 2.14 bits per heavy atom. The lowest BCUT2D eigenvalue weighted by Gasteiger charge is -2.49. The van der Waals surface area contributed by atoms with E-state index in [2.05, 4.69) is 5.32 Å². The number of rotatable bonds is 11. The van der Waals surface area contributed by atoms with Crippen LogP contribution in [0.2, 0.25) is 0 Å². The number of nitrogens with zero attached hydrogens (tertiary/aromatic N) is 2. The number of nitro groups is 1. The van der Waals surface area contributed by atoms with Crippen molar-refractivity contribution in [3.05, 3.63) is 39.9 Å². The van der Waals surface area contributed by atoms with Gasteiger partial charge in [0.15, 0.2) is 18.7 Å². The number of amides is 1. The van der Waals surface area contributed by atoms with Gasteiger partial charge in [-0.15, -0.1) is 0 Å². The maximum atomic E-state index is 14.4. The molecule has 3 aliphatic heterocycles. The third-order valence-electron chi connectivity index (χ3n) is 13.4. The summed E-state index contributed by atoms with van der Waals surface area (Å²) in [5, 5.41) is 61.2. The molecule has 1 amide bonds. The lowest BCUT2D eigenvalue weighted by Crippen LogP contribution is -2.61. The van der Waals surface area contributed by atoms with E-state index >= 15 is 0 Å². The molecule has 3 aliphatic rings. The average molecular weight is 912 g/mol. The lowest BCUT2D eigenvalue weighted by molar-refractivity contribution is -0.384. The van der Waals surface area contributed by atoms with Crippen LogP contribution in [0.1, 0.15) is 100 Å². The first-order valence-corrected chi connectivity index (χ1v) is 22.2. The van der Waals surface area contributed by atoms with Crippen molar-refractivity contribution in [1.29, 1.82) is 0 Å². The van der Waals surface area contributed by atoms with E-state index in [0.717, 1.165) is 0 Å². The smallest absolute Gasteiger partial charge is 0.311 e. The van der Waals surface area contributed by atoms with Gasteiger partial charge in [0, 0.05) is 43.7 Å². The minimum absolute atomic E-state index is 0.0256. The molecular weight excluding hydrogens is 838 g/mol. The number of nitrogens with one attached hydrogen (secondary N) is 1. The van der Waals surface area contributed by atoms with Gasteiger partial charge in [-0.2, -0.15) is 0 Å². The Kier molecular flexibility index (Phi) is 17.9. The number of aliphatic hydroxyl groups is 4. The molecule has 0 bridgehead atoms. The summed E-state index contributed by atoms with van der Waals surface area (Å²) in [5.74, 6) is -5.35. The first kappa shape index (κ1) is 53.2. The number of hydrogen-bond donors (Lipinski definition) is 5. The first-order valence-electron chi connectivity index (χ1n) is 22.2. The fourth-order valence-corrected chi connectivity index (χ4v) is 9.57. The number of ether oxygens (including phenoxy) is 7. The van der Waals surface area contributed by atoms with Crippen LogP contribution in [0.3, 0.4) is 0 Å². The maximum Gasteiger partial charge on any atom is 0.311 e. The number of likely N-dealkylation sites (N-methyl/N-ethyl adjacent to an activating group) is 1. The Bertz CT molecular complexity index is 1750. The summed E-state index contributed by atoms with van der Waals surface area (Å²) >= 11 is 0. The molecule has 3 fully saturated rings. The molecule has 64 heavy (non-hydrogen) atoms. The van der Waals surface area contributed by atoms with Gasteiger partial charge in [0.05, 0.1) is 59.3 Å². The molecular formula is C45H73N3O16. The predicted octanol–water partition coefficient (Wildman–Crippen LogP) is 2.79. The molecule has 0 aromatic heterocycles. The van der Waals surface area contributed by atoms with Crippen LogP contribution in [-0.4, -0.2) is 160 Å². The Balaban J connectivity index is 1.75. The van der Waals surface area contributed by atoms with Crippen molar-refractivity contribution in [2.45, 2.75) is 192 Å². The number of hydrogen-bond acceptors (Lipinski definition) is 17. The molecule has 19 heteroatoms. The zero-order valence-corrected chi connectivity index (χ0v) is 39.6. The molecule has 3 heterocycles. The number of carbonyl (C=O) groups is 3. The van der Waals surface area contributed by atoms with Crippen LogP contribution < -0.4 is 5.32 Å². The normalized spacial score (nSPS) is 41.9. The highest BCUT2D eigenvalue weighted by atomic mass is 16.7. The van der Waals surface area contributed by atoms with E-state index in [-0.39, 0.29) is 43.5 Å². The van der Waals surface area contributed by atoms with Crippen molar-refractivity contribution in [2.75, 3.05) is 21.2 Å². The predicted molar refractivity (Wildman–Crippen MR) is 230 cm³/mol. The van der Waals surface area contributed by atoms with Gasteiger partial charge in [-0.25, -0.2) is 0 Å².